The van der Waals surface area contributed by atoms with Gasteiger partial charge in [-0.3, -0.25) is 0 Å². The van der Waals surface area contributed by atoms with Gasteiger partial charge in [-0.2, -0.15) is 0 Å². The Balaban J connectivity index is 1.94. The molecule has 0 spiro atoms. The second kappa shape index (κ2) is 4.21. The van der Waals surface area contributed by atoms with Crippen LogP contribution in [0, 0.1) is 19.3 Å². The lowest BCUT2D eigenvalue weighted by atomic mass is 9.85. The van der Waals surface area contributed by atoms with E-state index in [9.17, 15) is 0 Å². The fourth-order valence-electron chi connectivity index (χ4n) is 2.27. The molecule has 1 saturated heterocycles. The van der Waals surface area contributed by atoms with Crippen LogP contribution in [0.4, 0.5) is 0 Å². The molecular formula is C13H22N2O. The van der Waals surface area contributed by atoms with Crippen LogP contribution in [0.1, 0.15) is 38.2 Å². The zero-order chi connectivity index (χ0) is 11.8. The molecule has 2 rings (SSSR count). The van der Waals surface area contributed by atoms with Gasteiger partial charge in [0.1, 0.15) is 5.82 Å². The number of hydrogen-bond acceptors (Lipinski definition) is 2. The highest BCUT2D eigenvalue weighted by atomic mass is 16.5. The molecule has 0 saturated carbocycles. The molecule has 0 aliphatic carbocycles. The van der Waals surface area contributed by atoms with Gasteiger partial charge in [0.15, 0.2) is 0 Å². The van der Waals surface area contributed by atoms with Gasteiger partial charge in [-0.15, -0.1) is 0 Å². The first-order valence-electron chi connectivity index (χ1n) is 6.08. The van der Waals surface area contributed by atoms with E-state index in [-0.39, 0.29) is 0 Å². The van der Waals surface area contributed by atoms with Crippen molar-refractivity contribution in [3.05, 3.63) is 17.7 Å². The summed E-state index contributed by atoms with van der Waals surface area (Å²) in [6.07, 6.45) is 4.88. The fraction of sp³-hybridized carbons (Fsp3) is 0.769. The summed E-state index contributed by atoms with van der Waals surface area (Å²) in [5, 5.41) is 0. The lowest BCUT2D eigenvalue weighted by molar-refractivity contribution is -0.0550. The maximum absolute atomic E-state index is 5.91. The molecule has 1 aliphatic rings. The lowest BCUT2D eigenvalue weighted by Gasteiger charge is -2.34. The van der Waals surface area contributed by atoms with Crippen LogP contribution in [0.25, 0.3) is 0 Å². The summed E-state index contributed by atoms with van der Waals surface area (Å²) in [5.74, 6) is 1.09. The summed E-state index contributed by atoms with van der Waals surface area (Å²) in [7, 11) is 0. The first-order chi connectivity index (χ1) is 7.46. The minimum absolute atomic E-state index is 0.358. The van der Waals surface area contributed by atoms with E-state index in [0.29, 0.717) is 11.5 Å². The highest BCUT2D eigenvalue weighted by molar-refractivity contribution is 5.00. The van der Waals surface area contributed by atoms with Crippen LogP contribution in [0.3, 0.4) is 0 Å². The molecule has 1 atom stereocenters. The Morgan fingerprint density at radius 2 is 2.25 bits per heavy atom. The predicted octanol–water partition coefficient (Wildman–Crippen LogP) is 2.71. The Labute approximate surface area is 97.8 Å². The van der Waals surface area contributed by atoms with Crippen molar-refractivity contribution in [2.75, 3.05) is 6.61 Å². The number of hydrogen-bond donors (Lipinski definition) is 0. The van der Waals surface area contributed by atoms with Crippen LogP contribution in [-0.4, -0.2) is 22.3 Å². The third-order valence-corrected chi connectivity index (χ3v) is 3.35. The molecule has 0 bridgehead atoms. The number of rotatable bonds is 2. The molecule has 1 unspecified atom stereocenters. The van der Waals surface area contributed by atoms with Crippen LogP contribution in [0.2, 0.25) is 0 Å². The second-order valence-electron chi connectivity index (χ2n) is 5.72. The zero-order valence-electron chi connectivity index (χ0n) is 10.8. The summed E-state index contributed by atoms with van der Waals surface area (Å²) in [4.78, 5) is 4.41. The van der Waals surface area contributed by atoms with Crippen molar-refractivity contribution in [1.82, 2.24) is 9.55 Å². The van der Waals surface area contributed by atoms with Crippen molar-refractivity contribution in [3.63, 3.8) is 0 Å². The molecule has 16 heavy (non-hydrogen) atoms. The molecule has 0 amide bonds. The van der Waals surface area contributed by atoms with Crippen LogP contribution < -0.4 is 0 Å². The molecule has 90 valence electrons. The van der Waals surface area contributed by atoms with E-state index in [1.165, 1.54) is 6.42 Å². The summed E-state index contributed by atoms with van der Waals surface area (Å²) in [6.45, 7) is 10.5. The third kappa shape index (κ3) is 2.64. The summed E-state index contributed by atoms with van der Waals surface area (Å²) < 4.78 is 8.12. The highest BCUT2D eigenvalue weighted by Gasteiger charge is 2.27. The van der Waals surface area contributed by atoms with Crippen LogP contribution in [-0.2, 0) is 11.3 Å². The number of ether oxygens (including phenoxy) is 1. The van der Waals surface area contributed by atoms with Gasteiger partial charge in [0.25, 0.3) is 0 Å². The average molecular weight is 222 g/mol. The summed E-state index contributed by atoms with van der Waals surface area (Å²) in [5.41, 5.74) is 1.45. The van der Waals surface area contributed by atoms with E-state index in [1.54, 1.807) is 0 Å². The number of aromatic nitrogens is 2. The Kier molecular flexibility index (Phi) is 3.06. The van der Waals surface area contributed by atoms with Gasteiger partial charge in [0.2, 0.25) is 0 Å². The minimum atomic E-state index is 0.358. The maximum atomic E-state index is 5.91. The molecule has 1 aromatic heterocycles. The van der Waals surface area contributed by atoms with Gasteiger partial charge in [-0.25, -0.2) is 4.98 Å². The van der Waals surface area contributed by atoms with E-state index in [4.69, 9.17) is 4.74 Å². The molecule has 0 aromatic carbocycles. The van der Waals surface area contributed by atoms with Crippen LogP contribution in [0.15, 0.2) is 6.20 Å². The van der Waals surface area contributed by atoms with Crippen molar-refractivity contribution in [1.29, 1.82) is 0 Å². The molecule has 0 radical (unpaired) electrons. The van der Waals surface area contributed by atoms with Gasteiger partial charge in [0.05, 0.1) is 24.9 Å². The lowest BCUT2D eigenvalue weighted by Crippen LogP contribution is -2.34. The van der Waals surface area contributed by atoms with Crippen molar-refractivity contribution >= 4 is 0 Å². The first-order valence-corrected chi connectivity index (χ1v) is 6.08. The van der Waals surface area contributed by atoms with E-state index < -0.39 is 0 Å². The van der Waals surface area contributed by atoms with Gasteiger partial charge >= 0.3 is 0 Å². The Morgan fingerprint density at radius 3 is 2.75 bits per heavy atom. The molecule has 3 heteroatoms. The molecule has 1 aliphatic heterocycles. The van der Waals surface area contributed by atoms with Gasteiger partial charge < -0.3 is 9.30 Å². The molecule has 3 nitrogen and oxygen atoms in total. The van der Waals surface area contributed by atoms with E-state index >= 15 is 0 Å². The van der Waals surface area contributed by atoms with Crippen molar-refractivity contribution in [2.45, 2.75) is 53.2 Å². The van der Waals surface area contributed by atoms with Crippen molar-refractivity contribution in [3.8, 4) is 0 Å². The maximum Gasteiger partial charge on any atom is 0.105 e. The Morgan fingerprint density at radius 1 is 1.50 bits per heavy atom. The Bertz CT molecular complexity index is 358. The number of nitrogens with zero attached hydrogens (tertiary/aromatic N) is 2. The largest absolute Gasteiger partial charge is 0.376 e. The van der Waals surface area contributed by atoms with E-state index in [2.05, 4.69) is 36.5 Å². The topological polar surface area (TPSA) is 27.1 Å². The van der Waals surface area contributed by atoms with Crippen molar-refractivity contribution < 1.29 is 4.74 Å². The van der Waals surface area contributed by atoms with Crippen molar-refractivity contribution in [2.24, 2.45) is 5.41 Å². The van der Waals surface area contributed by atoms with E-state index in [1.807, 2.05) is 6.92 Å². The standard InChI is InChI=1S/C13H22N2O/c1-10-7-15(11(2)14-10)8-12-5-6-13(3,4)9-16-12/h7,12H,5-6,8-9H2,1-4H3. The number of aryl methyl sites for hydroxylation is 2. The SMILES string of the molecule is Cc1cn(CC2CCC(C)(C)CO2)c(C)n1. The average Bonchev–Trinajstić information content (AvgIpc) is 2.49. The van der Waals surface area contributed by atoms with Crippen LogP contribution in [0.5, 0.6) is 0 Å². The zero-order valence-corrected chi connectivity index (χ0v) is 10.8. The molecule has 0 N–H and O–H groups in total. The Hall–Kier alpha value is -0.830. The molecule has 1 aromatic rings. The second-order valence-corrected chi connectivity index (χ2v) is 5.72. The molecule has 2 heterocycles. The number of imidazole rings is 1. The minimum Gasteiger partial charge on any atom is -0.376 e. The van der Waals surface area contributed by atoms with Gasteiger partial charge in [-0.1, -0.05) is 13.8 Å². The smallest absolute Gasteiger partial charge is 0.105 e. The fourth-order valence-corrected chi connectivity index (χ4v) is 2.27. The molecular weight excluding hydrogens is 200 g/mol. The third-order valence-electron chi connectivity index (χ3n) is 3.35. The molecule has 1 fully saturated rings. The monoisotopic (exact) mass is 222 g/mol. The van der Waals surface area contributed by atoms with Crippen LogP contribution >= 0.6 is 0 Å². The van der Waals surface area contributed by atoms with Gasteiger partial charge in [0, 0.05) is 6.20 Å². The highest BCUT2D eigenvalue weighted by Crippen LogP contribution is 2.30. The quantitative estimate of drug-likeness (QED) is 0.769. The normalized spacial score (nSPS) is 24.6. The summed E-state index contributed by atoms with van der Waals surface area (Å²) >= 11 is 0. The van der Waals surface area contributed by atoms with E-state index in [0.717, 1.165) is 31.1 Å². The first kappa shape index (κ1) is 11.6. The predicted molar refractivity (Wildman–Crippen MR) is 64.5 cm³/mol. The van der Waals surface area contributed by atoms with Gasteiger partial charge in [-0.05, 0) is 32.1 Å². The summed E-state index contributed by atoms with van der Waals surface area (Å²) in [6, 6.07) is 0.